The Bertz CT molecular complexity index is 2260. The standard InChI is InChI=1S/C29H26FN5O11S4/c30-25-15-23-26(32(18-1-2-18)17-24(28(23)36)29(37)38)16-27(25)33(50(45,46)22-9-5-20(6-10-22)35(41)42)12-14-48-47-13-11-31-49(43,44)21-7-3-19(4-8-21)34(39)40/h3-10,15-18,31H,1-2,11-14H2,(H,37,38). The zero-order valence-corrected chi connectivity index (χ0v) is 28.8. The number of halogens is 1. The summed E-state index contributed by atoms with van der Waals surface area (Å²) in [4.78, 5) is 44.8. The number of rotatable bonds is 16. The third-order valence-corrected chi connectivity index (χ3v) is 13.2. The quantitative estimate of drug-likeness (QED) is 0.0691. The van der Waals surface area contributed by atoms with Crippen molar-refractivity contribution in [2.24, 2.45) is 0 Å². The molecule has 4 aromatic rings. The van der Waals surface area contributed by atoms with E-state index in [0.29, 0.717) is 12.8 Å². The van der Waals surface area contributed by atoms with Gasteiger partial charge in [-0.1, -0.05) is 21.6 Å². The average Bonchev–Trinajstić information content (AvgIpc) is 3.92. The predicted octanol–water partition coefficient (Wildman–Crippen LogP) is 4.55. The molecule has 1 aliphatic rings. The van der Waals surface area contributed by atoms with E-state index in [9.17, 15) is 51.8 Å². The number of benzene rings is 3. The van der Waals surface area contributed by atoms with Gasteiger partial charge >= 0.3 is 5.97 Å². The zero-order chi connectivity index (χ0) is 36.4. The molecule has 0 unspecified atom stereocenters. The summed E-state index contributed by atoms with van der Waals surface area (Å²) < 4.78 is 73.4. The van der Waals surface area contributed by atoms with E-state index in [1.165, 1.54) is 21.4 Å². The van der Waals surface area contributed by atoms with Crippen molar-refractivity contribution in [2.75, 3.05) is 28.9 Å². The summed E-state index contributed by atoms with van der Waals surface area (Å²) in [6.07, 6.45) is 2.47. The number of nitrogens with zero attached hydrogens (tertiary/aromatic N) is 4. The van der Waals surface area contributed by atoms with E-state index in [2.05, 4.69) is 4.72 Å². The van der Waals surface area contributed by atoms with Crippen molar-refractivity contribution < 1.29 is 41.0 Å². The Balaban J connectivity index is 1.37. The lowest BCUT2D eigenvalue weighted by molar-refractivity contribution is -0.385. The Labute approximate surface area is 291 Å². The first-order valence-corrected chi connectivity index (χ1v) is 19.9. The number of nitro groups is 2. The second kappa shape index (κ2) is 14.7. The summed E-state index contributed by atoms with van der Waals surface area (Å²) in [7, 11) is -6.20. The molecular formula is C29H26FN5O11S4. The van der Waals surface area contributed by atoms with Crippen LogP contribution in [0.2, 0.25) is 0 Å². The van der Waals surface area contributed by atoms with Crippen molar-refractivity contribution in [1.29, 1.82) is 0 Å². The molecule has 0 bridgehead atoms. The van der Waals surface area contributed by atoms with Gasteiger partial charge in [0.25, 0.3) is 21.4 Å². The van der Waals surface area contributed by atoms with Gasteiger partial charge in [-0.3, -0.25) is 29.3 Å². The Kier molecular flexibility index (Phi) is 10.8. The highest BCUT2D eigenvalue weighted by Crippen LogP contribution is 2.39. The van der Waals surface area contributed by atoms with Crippen LogP contribution < -0.4 is 14.5 Å². The van der Waals surface area contributed by atoms with E-state index < -0.39 is 58.4 Å². The van der Waals surface area contributed by atoms with Gasteiger partial charge in [-0.15, -0.1) is 0 Å². The van der Waals surface area contributed by atoms with Crippen LogP contribution in [0.5, 0.6) is 0 Å². The van der Waals surface area contributed by atoms with Crippen molar-refractivity contribution >= 4 is 75.6 Å². The first-order valence-electron chi connectivity index (χ1n) is 14.5. The van der Waals surface area contributed by atoms with Crippen molar-refractivity contribution in [2.45, 2.75) is 28.7 Å². The number of fused-ring (bicyclic) bond motifs is 1. The second-order valence-electron chi connectivity index (χ2n) is 10.8. The molecule has 5 rings (SSSR count). The van der Waals surface area contributed by atoms with Crippen LogP contribution in [-0.4, -0.2) is 66.9 Å². The molecule has 21 heteroatoms. The number of sulfonamides is 2. The summed E-state index contributed by atoms with van der Waals surface area (Å²) in [6, 6.07) is 10.1. The first-order chi connectivity index (χ1) is 23.6. The Morgan fingerprint density at radius 2 is 1.50 bits per heavy atom. The van der Waals surface area contributed by atoms with Gasteiger partial charge in [-0.25, -0.2) is 30.7 Å². The van der Waals surface area contributed by atoms with E-state index in [4.69, 9.17) is 0 Å². The van der Waals surface area contributed by atoms with Gasteiger partial charge in [0.2, 0.25) is 15.5 Å². The predicted molar refractivity (Wildman–Crippen MR) is 184 cm³/mol. The minimum absolute atomic E-state index is 0.0435. The molecule has 16 nitrogen and oxygen atoms in total. The number of hydrogen-bond donors (Lipinski definition) is 2. The maximum atomic E-state index is 15.8. The molecule has 0 saturated heterocycles. The molecule has 50 heavy (non-hydrogen) atoms. The maximum absolute atomic E-state index is 15.8. The van der Waals surface area contributed by atoms with E-state index in [1.807, 2.05) is 0 Å². The number of aromatic nitrogens is 1. The molecule has 1 heterocycles. The molecule has 2 N–H and O–H groups in total. The number of nitrogens with one attached hydrogen (secondary N) is 1. The van der Waals surface area contributed by atoms with Gasteiger partial charge in [0.05, 0.1) is 30.8 Å². The average molecular weight is 768 g/mol. The van der Waals surface area contributed by atoms with Crippen LogP contribution in [0.15, 0.2) is 81.4 Å². The smallest absolute Gasteiger partial charge is 0.341 e. The van der Waals surface area contributed by atoms with Gasteiger partial charge in [0, 0.05) is 66.5 Å². The SMILES string of the molecule is O=C(O)c1cn(C2CC2)c2cc(N(CCSSCCNS(=O)(=O)c3ccc([N+](=O)[O-])cc3)S(=O)(=O)c3ccc([N+](=O)[O-])cc3)c(F)cc2c1=O. The molecule has 0 atom stereocenters. The normalized spacial score (nSPS) is 13.3. The topological polar surface area (TPSA) is 229 Å². The molecule has 1 aromatic heterocycles. The van der Waals surface area contributed by atoms with Gasteiger partial charge in [-0.05, 0) is 49.2 Å². The van der Waals surface area contributed by atoms with Crippen LogP contribution in [0, 0.1) is 26.0 Å². The molecule has 1 saturated carbocycles. The first kappa shape index (κ1) is 36.7. The summed E-state index contributed by atoms with van der Waals surface area (Å²) in [5, 5.41) is 31.3. The zero-order valence-electron chi connectivity index (χ0n) is 25.5. The van der Waals surface area contributed by atoms with Crippen LogP contribution in [0.4, 0.5) is 21.5 Å². The maximum Gasteiger partial charge on any atom is 0.341 e. The molecule has 264 valence electrons. The second-order valence-corrected chi connectivity index (χ2v) is 17.1. The van der Waals surface area contributed by atoms with Crippen molar-refractivity contribution in [3.05, 3.63) is 109 Å². The summed E-state index contributed by atoms with van der Waals surface area (Å²) in [6.45, 7) is -0.368. The fourth-order valence-corrected chi connectivity index (χ4v) is 9.48. The minimum Gasteiger partial charge on any atom is -0.477 e. The van der Waals surface area contributed by atoms with Crippen LogP contribution >= 0.6 is 21.6 Å². The van der Waals surface area contributed by atoms with Crippen molar-refractivity contribution in [3.8, 4) is 0 Å². The van der Waals surface area contributed by atoms with Gasteiger partial charge in [0.1, 0.15) is 11.4 Å². The molecule has 3 aromatic carbocycles. The number of hydrogen-bond acceptors (Lipinski definition) is 12. The van der Waals surface area contributed by atoms with Crippen LogP contribution in [0.25, 0.3) is 10.9 Å². The lowest BCUT2D eigenvalue weighted by atomic mass is 10.1. The Hall–Kier alpha value is -4.57. The number of carboxylic acids is 1. The fraction of sp³-hybridized carbons (Fsp3) is 0.241. The van der Waals surface area contributed by atoms with E-state index in [-0.39, 0.29) is 62.7 Å². The largest absolute Gasteiger partial charge is 0.477 e. The molecule has 0 amide bonds. The van der Waals surface area contributed by atoms with Crippen molar-refractivity contribution in [3.63, 3.8) is 0 Å². The molecule has 0 spiro atoms. The van der Waals surface area contributed by atoms with Gasteiger partial charge in [0.15, 0.2) is 0 Å². The van der Waals surface area contributed by atoms with E-state index in [1.54, 1.807) is 0 Å². The highest BCUT2D eigenvalue weighted by atomic mass is 33.1. The molecule has 1 aliphatic carbocycles. The number of nitro benzene ring substituents is 2. The molecule has 0 aliphatic heterocycles. The summed E-state index contributed by atoms with van der Waals surface area (Å²) in [5.74, 6) is -2.35. The highest BCUT2D eigenvalue weighted by molar-refractivity contribution is 8.76. The molecule has 0 radical (unpaired) electrons. The summed E-state index contributed by atoms with van der Waals surface area (Å²) >= 11 is 0. The summed E-state index contributed by atoms with van der Waals surface area (Å²) in [5.41, 5.74) is -2.44. The van der Waals surface area contributed by atoms with Crippen molar-refractivity contribution in [1.82, 2.24) is 9.29 Å². The van der Waals surface area contributed by atoms with Gasteiger partial charge < -0.3 is 9.67 Å². The monoisotopic (exact) mass is 767 g/mol. The van der Waals surface area contributed by atoms with E-state index >= 15 is 4.39 Å². The fourth-order valence-electron chi connectivity index (χ4n) is 4.88. The van der Waals surface area contributed by atoms with Crippen LogP contribution in [0.1, 0.15) is 29.2 Å². The number of carbonyl (C=O) groups is 1. The number of aromatic carboxylic acids is 1. The lowest BCUT2D eigenvalue weighted by Crippen LogP contribution is -2.34. The number of carboxylic acid groups (broad SMARTS) is 1. The highest BCUT2D eigenvalue weighted by Gasteiger charge is 2.31. The number of non-ortho nitro benzene ring substituents is 2. The Morgan fingerprint density at radius 1 is 0.940 bits per heavy atom. The van der Waals surface area contributed by atoms with E-state index in [0.717, 1.165) is 75.9 Å². The third-order valence-electron chi connectivity index (χ3n) is 7.47. The minimum atomic E-state index is -4.56. The van der Waals surface area contributed by atoms with Crippen LogP contribution in [0.3, 0.4) is 0 Å². The molecular weight excluding hydrogens is 742 g/mol. The van der Waals surface area contributed by atoms with Crippen LogP contribution in [-0.2, 0) is 20.0 Å². The third kappa shape index (κ3) is 7.91. The Morgan fingerprint density at radius 3 is 2.04 bits per heavy atom. The molecule has 1 fully saturated rings. The van der Waals surface area contributed by atoms with Gasteiger partial charge in [-0.2, -0.15) is 0 Å². The number of anilines is 1. The number of pyridine rings is 1. The lowest BCUT2D eigenvalue weighted by Gasteiger charge is -2.25.